The lowest BCUT2D eigenvalue weighted by Gasteiger charge is -2.36. The number of rotatable bonds is 2. The monoisotopic (exact) mass is 302 g/mol. The number of benzene rings is 1. The maximum Gasteiger partial charge on any atom is 0.254 e. The second-order valence-electron chi connectivity index (χ2n) is 7.23. The third kappa shape index (κ3) is 4.09. The number of aryl methyl sites for hydroxylation is 1. The second kappa shape index (κ2) is 6.51. The quantitative estimate of drug-likeness (QED) is 0.843. The van der Waals surface area contributed by atoms with Gasteiger partial charge in [-0.25, -0.2) is 0 Å². The van der Waals surface area contributed by atoms with Crippen LogP contribution in [-0.4, -0.2) is 47.8 Å². The first-order valence-electron chi connectivity index (χ1n) is 7.90. The molecule has 4 heteroatoms. The summed E-state index contributed by atoms with van der Waals surface area (Å²) in [4.78, 5) is 28.5. The van der Waals surface area contributed by atoms with Gasteiger partial charge < -0.3 is 9.80 Å². The average Bonchev–Trinajstić information content (AvgIpc) is 2.45. The third-order valence-electron chi connectivity index (χ3n) is 3.98. The highest BCUT2D eigenvalue weighted by molar-refractivity contribution is 5.95. The Morgan fingerprint density at radius 3 is 2.09 bits per heavy atom. The van der Waals surface area contributed by atoms with E-state index < -0.39 is 0 Å². The number of hydrogen-bond acceptors (Lipinski definition) is 2. The van der Waals surface area contributed by atoms with Gasteiger partial charge in [0, 0.05) is 38.2 Å². The van der Waals surface area contributed by atoms with Crippen molar-refractivity contribution in [2.75, 3.05) is 26.2 Å². The van der Waals surface area contributed by atoms with Crippen LogP contribution in [0.3, 0.4) is 0 Å². The summed E-state index contributed by atoms with van der Waals surface area (Å²) in [6.07, 6.45) is 0.554. The first kappa shape index (κ1) is 16.5. The number of nitrogens with zero attached hydrogens (tertiary/aromatic N) is 2. The summed E-state index contributed by atoms with van der Waals surface area (Å²) >= 11 is 0. The topological polar surface area (TPSA) is 40.6 Å². The summed E-state index contributed by atoms with van der Waals surface area (Å²) in [5, 5.41) is 0. The molecule has 1 aromatic carbocycles. The van der Waals surface area contributed by atoms with Gasteiger partial charge in [0.15, 0.2) is 0 Å². The molecular weight excluding hydrogens is 276 g/mol. The highest BCUT2D eigenvalue weighted by atomic mass is 16.2. The first-order chi connectivity index (χ1) is 10.3. The molecule has 0 aromatic heterocycles. The summed E-state index contributed by atoms with van der Waals surface area (Å²) in [5.41, 5.74) is 1.77. The Hall–Kier alpha value is -1.84. The fourth-order valence-electron chi connectivity index (χ4n) is 2.71. The normalized spacial score (nSPS) is 15.8. The molecule has 2 amide bonds. The van der Waals surface area contributed by atoms with Gasteiger partial charge in [-0.05, 0) is 24.0 Å². The highest BCUT2D eigenvalue weighted by Crippen LogP contribution is 2.21. The van der Waals surface area contributed by atoms with Gasteiger partial charge in [-0.2, -0.15) is 0 Å². The number of carbonyl (C=O) groups excluding carboxylic acids is 2. The molecule has 0 unspecified atom stereocenters. The summed E-state index contributed by atoms with van der Waals surface area (Å²) < 4.78 is 0. The molecule has 0 N–H and O–H groups in total. The Labute approximate surface area is 133 Å². The zero-order valence-electron chi connectivity index (χ0n) is 14.1. The molecule has 0 bridgehead atoms. The Bertz CT molecular complexity index is 552. The standard InChI is InChI=1S/C18H26N2O2/c1-14-7-5-6-8-15(14)17(22)20-11-9-19(10-12-20)16(21)13-18(2,3)4/h5-8H,9-13H2,1-4H3. The molecule has 0 spiro atoms. The van der Waals surface area contributed by atoms with E-state index in [-0.39, 0.29) is 17.2 Å². The van der Waals surface area contributed by atoms with Crippen molar-refractivity contribution in [3.8, 4) is 0 Å². The molecular formula is C18H26N2O2. The van der Waals surface area contributed by atoms with Crippen LogP contribution in [0.25, 0.3) is 0 Å². The number of piperazine rings is 1. The van der Waals surface area contributed by atoms with Crippen LogP contribution in [0.5, 0.6) is 0 Å². The summed E-state index contributed by atoms with van der Waals surface area (Å²) in [6, 6.07) is 7.66. The van der Waals surface area contributed by atoms with E-state index >= 15 is 0 Å². The van der Waals surface area contributed by atoms with Crippen molar-refractivity contribution in [1.29, 1.82) is 0 Å². The SMILES string of the molecule is Cc1ccccc1C(=O)N1CCN(C(=O)CC(C)(C)C)CC1. The van der Waals surface area contributed by atoms with Crippen molar-refractivity contribution in [1.82, 2.24) is 9.80 Å². The van der Waals surface area contributed by atoms with Crippen LogP contribution >= 0.6 is 0 Å². The molecule has 1 heterocycles. The van der Waals surface area contributed by atoms with Crippen LogP contribution in [0.15, 0.2) is 24.3 Å². The van der Waals surface area contributed by atoms with Gasteiger partial charge >= 0.3 is 0 Å². The number of amides is 2. The smallest absolute Gasteiger partial charge is 0.254 e. The van der Waals surface area contributed by atoms with Crippen molar-refractivity contribution in [3.05, 3.63) is 35.4 Å². The van der Waals surface area contributed by atoms with Gasteiger partial charge in [0.05, 0.1) is 0 Å². The van der Waals surface area contributed by atoms with Gasteiger partial charge in [0.1, 0.15) is 0 Å². The molecule has 4 nitrogen and oxygen atoms in total. The third-order valence-corrected chi connectivity index (χ3v) is 3.98. The van der Waals surface area contributed by atoms with E-state index in [0.29, 0.717) is 32.6 Å². The molecule has 1 aromatic rings. The zero-order valence-corrected chi connectivity index (χ0v) is 14.1. The molecule has 0 atom stereocenters. The predicted octanol–water partition coefficient (Wildman–Crippen LogP) is 2.72. The van der Waals surface area contributed by atoms with E-state index in [2.05, 4.69) is 20.8 Å². The fourth-order valence-corrected chi connectivity index (χ4v) is 2.71. The van der Waals surface area contributed by atoms with Crippen LogP contribution in [0.4, 0.5) is 0 Å². The van der Waals surface area contributed by atoms with E-state index in [1.165, 1.54) is 0 Å². The lowest BCUT2D eigenvalue weighted by atomic mass is 9.91. The zero-order chi connectivity index (χ0) is 16.3. The van der Waals surface area contributed by atoms with E-state index in [1.807, 2.05) is 41.0 Å². The highest BCUT2D eigenvalue weighted by Gasteiger charge is 2.27. The molecule has 0 radical (unpaired) electrons. The Kier molecular flexibility index (Phi) is 4.89. The molecule has 1 aliphatic rings. The molecule has 2 rings (SSSR count). The fraction of sp³-hybridized carbons (Fsp3) is 0.556. The lowest BCUT2D eigenvalue weighted by Crippen LogP contribution is -2.51. The molecule has 22 heavy (non-hydrogen) atoms. The minimum Gasteiger partial charge on any atom is -0.339 e. The minimum atomic E-state index is 0.00515. The van der Waals surface area contributed by atoms with Gasteiger partial charge in [0.25, 0.3) is 5.91 Å². The second-order valence-corrected chi connectivity index (χ2v) is 7.23. The van der Waals surface area contributed by atoms with Crippen molar-refractivity contribution in [2.45, 2.75) is 34.1 Å². The Balaban J connectivity index is 1.94. The van der Waals surface area contributed by atoms with E-state index in [0.717, 1.165) is 11.1 Å². The average molecular weight is 302 g/mol. The minimum absolute atomic E-state index is 0.00515. The Morgan fingerprint density at radius 2 is 1.55 bits per heavy atom. The van der Waals surface area contributed by atoms with Crippen LogP contribution in [0, 0.1) is 12.3 Å². The van der Waals surface area contributed by atoms with Gasteiger partial charge in [-0.1, -0.05) is 39.0 Å². The van der Waals surface area contributed by atoms with Crippen molar-refractivity contribution in [2.24, 2.45) is 5.41 Å². The number of carbonyl (C=O) groups is 2. The largest absolute Gasteiger partial charge is 0.339 e. The van der Waals surface area contributed by atoms with E-state index in [9.17, 15) is 9.59 Å². The van der Waals surface area contributed by atoms with Crippen LogP contribution in [0.2, 0.25) is 0 Å². The lowest BCUT2D eigenvalue weighted by molar-refractivity contribution is -0.134. The molecule has 1 aliphatic heterocycles. The van der Waals surface area contributed by atoms with Crippen molar-refractivity contribution >= 4 is 11.8 Å². The van der Waals surface area contributed by atoms with Gasteiger partial charge in [0.2, 0.25) is 5.91 Å². The maximum atomic E-state index is 12.5. The maximum absolute atomic E-state index is 12.5. The molecule has 1 saturated heterocycles. The van der Waals surface area contributed by atoms with Crippen LogP contribution in [0.1, 0.15) is 43.1 Å². The van der Waals surface area contributed by atoms with Crippen molar-refractivity contribution < 1.29 is 9.59 Å². The van der Waals surface area contributed by atoms with Gasteiger partial charge in [-0.3, -0.25) is 9.59 Å². The Morgan fingerprint density at radius 1 is 1.00 bits per heavy atom. The molecule has 0 saturated carbocycles. The predicted molar refractivity (Wildman–Crippen MR) is 87.7 cm³/mol. The molecule has 1 fully saturated rings. The summed E-state index contributed by atoms with van der Waals surface area (Å²) in [5.74, 6) is 0.261. The summed E-state index contributed by atoms with van der Waals surface area (Å²) in [7, 11) is 0. The van der Waals surface area contributed by atoms with Crippen molar-refractivity contribution in [3.63, 3.8) is 0 Å². The summed E-state index contributed by atoms with van der Waals surface area (Å²) in [6.45, 7) is 10.7. The first-order valence-corrected chi connectivity index (χ1v) is 7.90. The van der Waals surface area contributed by atoms with Gasteiger partial charge in [-0.15, -0.1) is 0 Å². The molecule has 0 aliphatic carbocycles. The molecule has 120 valence electrons. The number of hydrogen-bond donors (Lipinski definition) is 0. The van der Waals surface area contributed by atoms with E-state index in [1.54, 1.807) is 0 Å². The van der Waals surface area contributed by atoms with E-state index in [4.69, 9.17) is 0 Å². The van der Waals surface area contributed by atoms with Crippen LogP contribution in [-0.2, 0) is 4.79 Å². The van der Waals surface area contributed by atoms with Crippen LogP contribution < -0.4 is 0 Å².